The van der Waals surface area contributed by atoms with Crippen molar-refractivity contribution < 1.29 is 4.74 Å². The highest BCUT2D eigenvalue weighted by molar-refractivity contribution is 5.70. The van der Waals surface area contributed by atoms with Crippen molar-refractivity contribution >= 4 is 11.3 Å². The number of ether oxygens (including phenoxy) is 1. The first kappa shape index (κ1) is 12.4. The maximum Gasteiger partial charge on any atom is 0.177 e. The maximum absolute atomic E-state index is 5.43. The van der Waals surface area contributed by atoms with Gasteiger partial charge >= 0.3 is 0 Å². The highest BCUT2D eigenvalue weighted by atomic mass is 16.5. The summed E-state index contributed by atoms with van der Waals surface area (Å²) in [5.74, 6) is 0. The Bertz CT molecular complexity index is 599. The highest BCUT2D eigenvalue weighted by Crippen LogP contribution is 2.24. The molecule has 1 aliphatic rings. The molecule has 0 bridgehead atoms. The molecule has 0 unspecified atom stereocenters. The molecular weight excluding hydrogens is 240 g/mol. The van der Waals surface area contributed by atoms with Crippen LogP contribution in [0.1, 0.15) is 24.0 Å². The summed E-state index contributed by atoms with van der Waals surface area (Å²) in [5.41, 5.74) is 5.46. The lowest BCUT2D eigenvalue weighted by Crippen LogP contribution is -2.36. The molecule has 5 nitrogen and oxygen atoms in total. The summed E-state index contributed by atoms with van der Waals surface area (Å²) in [6.45, 7) is 9.67. The van der Waals surface area contributed by atoms with Crippen molar-refractivity contribution in [1.82, 2.24) is 14.6 Å². The van der Waals surface area contributed by atoms with Crippen molar-refractivity contribution in [2.24, 2.45) is 0 Å². The Kier molecular flexibility index (Phi) is 3.14. The van der Waals surface area contributed by atoms with Gasteiger partial charge in [-0.1, -0.05) is 6.92 Å². The fourth-order valence-corrected chi connectivity index (χ4v) is 2.72. The second-order valence-corrected chi connectivity index (χ2v) is 5.00. The van der Waals surface area contributed by atoms with Crippen molar-refractivity contribution in [3.05, 3.63) is 23.1 Å². The van der Waals surface area contributed by atoms with E-state index in [1.165, 1.54) is 11.4 Å². The number of aryl methyl sites for hydroxylation is 3. The second-order valence-electron chi connectivity index (χ2n) is 5.00. The third-order valence-corrected chi connectivity index (χ3v) is 3.67. The van der Waals surface area contributed by atoms with E-state index in [0.717, 1.165) is 49.8 Å². The van der Waals surface area contributed by atoms with Crippen molar-refractivity contribution in [3.8, 4) is 0 Å². The summed E-state index contributed by atoms with van der Waals surface area (Å²) in [6.07, 6.45) is 0.950. The SMILES string of the molecule is CCc1c(C)nc2c(N3CCOCC3)cc(C)nn12. The Labute approximate surface area is 113 Å². The Hall–Kier alpha value is -1.62. The molecule has 0 amide bonds. The first-order valence-electron chi connectivity index (χ1n) is 6.89. The highest BCUT2D eigenvalue weighted by Gasteiger charge is 2.18. The number of anilines is 1. The number of aromatic nitrogens is 3. The minimum absolute atomic E-state index is 0.786. The predicted octanol–water partition coefficient (Wildman–Crippen LogP) is 1.75. The van der Waals surface area contributed by atoms with Crippen molar-refractivity contribution in [3.63, 3.8) is 0 Å². The first-order chi connectivity index (χ1) is 9.20. The van der Waals surface area contributed by atoms with Crippen molar-refractivity contribution in [1.29, 1.82) is 0 Å². The monoisotopic (exact) mass is 260 g/mol. The number of fused-ring (bicyclic) bond motifs is 1. The minimum Gasteiger partial charge on any atom is -0.378 e. The quantitative estimate of drug-likeness (QED) is 0.825. The van der Waals surface area contributed by atoms with E-state index < -0.39 is 0 Å². The van der Waals surface area contributed by atoms with Gasteiger partial charge in [-0.3, -0.25) is 0 Å². The Morgan fingerprint density at radius 1 is 1.26 bits per heavy atom. The summed E-state index contributed by atoms with van der Waals surface area (Å²) < 4.78 is 7.44. The van der Waals surface area contributed by atoms with Crippen LogP contribution in [0.3, 0.4) is 0 Å². The number of hydrogen-bond acceptors (Lipinski definition) is 4. The number of morpholine rings is 1. The molecule has 2 aromatic heterocycles. The van der Waals surface area contributed by atoms with Crippen LogP contribution in [0.15, 0.2) is 6.07 Å². The zero-order valence-corrected chi connectivity index (χ0v) is 11.8. The van der Waals surface area contributed by atoms with Crippen LogP contribution in [0.5, 0.6) is 0 Å². The van der Waals surface area contributed by atoms with Gasteiger partial charge in [-0.2, -0.15) is 5.10 Å². The lowest BCUT2D eigenvalue weighted by Gasteiger charge is -2.29. The standard InChI is InChI=1S/C14H20N4O/c1-4-12-11(3)15-14-13(9-10(2)16-18(12)14)17-5-7-19-8-6-17/h9H,4-8H2,1-3H3. The van der Waals surface area contributed by atoms with Gasteiger partial charge in [-0.25, -0.2) is 9.50 Å². The van der Waals surface area contributed by atoms with Crippen LogP contribution in [0.4, 0.5) is 5.69 Å². The third kappa shape index (κ3) is 2.08. The fraction of sp³-hybridized carbons (Fsp3) is 0.571. The summed E-state index contributed by atoms with van der Waals surface area (Å²) in [4.78, 5) is 7.06. The average Bonchev–Trinajstić information content (AvgIpc) is 2.74. The summed E-state index contributed by atoms with van der Waals surface area (Å²) >= 11 is 0. The van der Waals surface area contributed by atoms with Crippen LogP contribution >= 0.6 is 0 Å². The smallest absolute Gasteiger partial charge is 0.177 e. The molecule has 1 saturated heterocycles. The molecule has 1 fully saturated rings. The van der Waals surface area contributed by atoms with Crippen LogP contribution in [-0.4, -0.2) is 40.9 Å². The van der Waals surface area contributed by atoms with E-state index in [-0.39, 0.29) is 0 Å². The van der Waals surface area contributed by atoms with Crippen molar-refractivity contribution in [2.75, 3.05) is 31.2 Å². The molecule has 3 heterocycles. The lowest BCUT2D eigenvalue weighted by atomic mass is 10.3. The van der Waals surface area contributed by atoms with Gasteiger partial charge in [0.2, 0.25) is 0 Å². The predicted molar refractivity (Wildman–Crippen MR) is 74.9 cm³/mol. The van der Waals surface area contributed by atoms with E-state index in [9.17, 15) is 0 Å². The van der Waals surface area contributed by atoms with Crippen LogP contribution in [-0.2, 0) is 11.2 Å². The second kappa shape index (κ2) is 4.81. The third-order valence-electron chi connectivity index (χ3n) is 3.67. The van der Waals surface area contributed by atoms with Crippen molar-refractivity contribution in [2.45, 2.75) is 27.2 Å². The van der Waals surface area contributed by atoms with Gasteiger partial charge < -0.3 is 9.64 Å². The van der Waals surface area contributed by atoms with Gasteiger partial charge in [0.05, 0.1) is 36.0 Å². The van der Waals surface area contributed by atoms with Gasteiger partial charge in [0.15, 0.2) is 5.65 Å². The molecule has 2 aromatic rings. The fourth-order valence-electron chi connectivity index (χ4n) is 2.72. The molecule has 0 aromatic carbocycles. The van der Waals surface area contributed by atoms with Gasteiger partial charge in [-0.05, 0) is 26.3 Å². The average molecular weight is 260 g/mol. The van der Waals surface area contributed by atoms with E-state index in [0.29, 0.717) is 0 Å². The molecule has 19 heavy (non-hydrogen) atoms. The molecule has 0 atom stereocenters. The Balaban J connectivity index is 2.17. The number of rotatable bonds is 2. The van der Waals surface area contributed by atoms with E-state index >= 15 is 0 Å². The summed E-state index contributed by atoms with van der Waals surface area (Å²) in [7, 11) is 0. The summed E-state index contributed by atoms with van der Waals surface area (Å²) in [5, 5.41) is 4.62. The molecule has 1 aliphatic heterocycles. The zero-order valence-electron chi connectivity index (χ0n) is 11.8. The molecule has 0 radical (unpaired) electrons. The molecule has 0 N–H and O–H groups in total. The van der Waals surface area contributed by atoms with Gasteiger partial charge in [0.1, 0.15) is 0 Å². The normalized spacial score (nSPS) is 16.3. The largest absolute Gasteiger partial charge is 0.378 e. The molecule has 0 spiro atoms. The molecule has 0 saturated carbocycles. The van der Waals surface area contributed by atoms with Gasteiger partial charge in [0.25, 0.3) is 0 Å². The topological polar surface area (TPSA) is 42.7 Å². The Morgan fingerprint density at radius 3 is 2.68 bits per heavy atom. The van der Waals surface area contributed by atoms with Crippen LogP contribution in [0.2, 0.25) is 0 Å². The van der Waals surface area contributed by atoms with E-state index in [4.69, 9.17) is 9.72 Å². The Morgan fingerprint density at radius 2 is 2.00 bits per heavy atom. The number of imidazole rings is 1. The van der Waals surface area contributed by atoms with Crippen LogP contribution < -0.4 is 4.90 Å². The van der Waals surface area contributed by atoms with Gasteiger partial charge in [-0.15, -0.1) is 0 Å². The van der Waals surface area contributed by atoms with E-state index in [1.54, 1.807) is 0 Å². The number of hydrogen-bond donors (Lipinski definition) is 0. The number of nitrogens with zero attached hydrogens (tertiary/aromatic N) is 4. The zero-order chi connectivity index (χ0) is 13.4. The van der Waals surface area contributed by atoms with Crippen LogP contribution in [0, 0.1) is 13.8 Å². The molecule has 0 aliphatic carbocycles. The minimum atomic E-state index is 0.786. The molecule has 102 valence electrons. The molecular formula is C14H20N4O. The van der Waals surface area contributed by atoms with Gasteiger partial charge in [0, 0.05) is 13.1 Å². The maximum atomic E-state index is 5.43. The molecule has 5 heteroatoms. The first-order valence-corrected chi connectivity index (χ1v) is 6.89. The van der Waals surface area contributed by atoms with E-state index in [1.807, 2.05) is 11.4 Å². The van der Waals surface area contributed by atoms with Crippen LogP contribution in [0.25, 0.3) is 5.65 Å². The van der Waals surface area contributed by atoms with E-state index in [2.05, 4.69) is 29.9 Å². The summed E-state index contributed by atoms with van der Waals surface area (Å²) in [6, 6.07) is 2.13. The molecule has 3 rings (SSSR count). The lowest BCUT2D eigenvalue weighted by molar-refractivity contribution is 0.123.